The molecule has 10 heteroatoms. The van der Waals surface area contributed by atoms with Crippen LogP contribution in [0.2, 0.25) is 0 Å². The van der Waals surface area contributed by atoms with E-state index in [9.17, 15) is 23.2 Å². The number of halogens is 2. The van der Waals surface area contributed by atoms with E-state index in [-0.39, 0.29) is 5.56 Å². The number of carbonyl (C=O) groups is 3. The first-order valence-corrected chi connectivity index (χ1v) is 12.5. The molecule has 1 heterocycles. The third-order valence-corrected chi connectivity index (χ3v) is 5.86. The largest absolute Gasteiger partial charge is 0.379 e. The van der Waals surface area contributed by atoms with E-state index in [0.29, 0.717) is 12.5 Å². The zero-order chi connectivity index (χ0) is 28.6. The Morgan fingerprint density at radius 2 is 1.49 bits per heavy atom. The first kappa shape index (κ1) is 29.7. The first-order valence-electron chi connectivity index (χ1n) is 12.5. The highest BCUT2D eigenvalue weighted by atomic mass is 19.3. The molecule has 0 unspecified atom stereocenters. The zero-order valence-corrected chi connectivity index (χ0v) is 22.5. The normalized spacial score (nSPS) is 14.9. The molecule has 1 aliphatic rings. The van der Waals surface area contributed by atoms with Gasteiger partial charge in [-0.1, -0.05) is 24.0 Å². The molecule has 0 saturated carbocycles. The van der Waals surface area contributed by atoms with E-state index in [1.807, 2.05) is 29.6 Å². The lowest BCUT2D eigenvalue weighted by molar-refractivity contribution is -0.169. The second kappa shape index (κ2) is 12.8. The lowest BCUT2D eigenvalue weighted by Crippen LogP contribution is -2.56. The SMILES string of the molecule is CC(C)(C)C(=O)ONC(=O)[C@@H](NC(=O)c1ccc(C#Cc2ccc(CN3CCOCC3)cc2)cc1)C(C)(F)F. The van der Waals surface area contributed by atoms with Gasteiger partial charge in [0.25, 0.3) is 17.7 Å². The summed E-state index contributed by atoms with van der Waals surface area (Å²) in [7, 11) is 0. The lowest BCUT2D eigenvalue weighted by Gasteiger charge is -2.26. The average molecular weight is 542 g/mol. The highest BCUT2D eigenvalue weighted by Gasteiger charge is 2.42. The van der Waals surface area contributed by atoms with Crippen LogP contribution < -0.4 is 10.8 Å². The van der Waals surface area contributed by atoms with E-state index in [1.54, 1.807) is 17.6 Å². The number of nitrogens with zero attached hydrogens (tertiary/aromatic N) is 1. The highest BCUT2D eigenvalue weighted by molar-refractivity contribution is 5.98. The molecule has 0 aromatic heterocycles. The van der Waals surface area contributed by atoms with Crippen molar-refractivity contribution in [3.8, 4) is 11.8 Å². The van der Waals surface area contributed by atoms with Crippen LogP contribution in [0.15, 0.2) is 48.5 Å². The summed E-state index contributed by atoms with van der Waals surface area (Å²) in [6.07, 6.45) is 0. The van der Waals surface area contributed by atoms with Crippen molar-refractivity contribution in [2.45, 2.75) is 46.2 Å². The second-order valence-corrected chi connectivity index (χ2v) is 10.4. The number of alkyl halides is 2. The van der Waals surface area contributed by atoms with Crippen LogP contribution in [0.25, 0.3) is 0 Å². The molecular weight excluding hydrogens is 508 g/mol. The molecule has 3 rings (SSSR count). The summed E-state index contributed by atoms with van der Waals surface area (Å²) >= 11 is 0. The maximum absolute atomic E-state index is 14.1. The fraction of sp³-hybridized carbons (Fsp3) is 0.414. The van der Waals surface area contributed by atoms with Crippen LogP contribution in [-0.4, -0.2) is 61.0 Å². The Balaban J connectivity index is 1.59. The Labute approximate surface area is 227 Å². The summed E-state index contributed by atoms with van der Waals surface area (Å²) in [6, 6.07) is 11.7. The molecule has 0 aliphatic carbocycles. The molecule has 2 N–H and O–H groups in total. The number of ether oxygens (including phenoxy) is 1. The number of nitrogens with one attached hydrogen (secondary N) is 2. The molecule has 1 aliphatic heterocycles. The number of hydrogen-bond acceptors (Lipinski definition) is 6. The van der Waals surface area contributed by atoms with Gasteiger partial charge in [0.2, 0.25) is 0 Å². The van der Waals surface area contributed by atoms with Crippen molar-refractivity contribution in [2.24, 2.45) is 5.41 Å². The predicted molar refractivity (Wildman–Crippen MR) is 141 cm³/mol. The summed E-state index contributed by atoms with van der Waals surface area (Å²) in [5.74, 6) is -0.623. The molecule has 0 bridgehead atoms. The minimum Gasteiger partial charge on any atom is -0.379 e. The maximum atomic E-state index is 14.1. The van der Waals surface area contributed by atoms with Crippen molar-refractivity contribution in [3.63, 3.8) is 0 Å². The lowest BCUT2D eigenvalue weighted by atomic mass is 9.98. The molecule has 1 saturated heterocycles. The van der Waals surface area contributed by atoms with Crippen molar-refractivity contribution in [3.05, 3.63) is 70.8 Å². The summed E-state index contributed by atoms with van der Waals surface area (Å²) in [4.78, 5) is 43.6. The van der Waals surface area contributed by atoms with Crippen LogP contribution >= 0.6 is 0 Å². The van der Waals surface area contributed by atoms with Crippen molar-refractivity contribution in [1.29, 1.82) is 0 Å². The molecule has 8 nitrogen and oxygen atoms in total. The van der Waals surface area contributed by atoms with Gasteiger partial charge in [-0.05, 0) is 62.7 Å². The van der Waals surface area contributed by atoms with E-state index in [2.05, 4.69) is 21.6 Å². The smallest absolute Gasteiger partial charge is 0.337 e. The topological polar surface area (TPSA) is 97.0 Å². The Morgan fingerprint density at radius 1 is 0.949 bits per heavy atom. The van der Waals surface area contributed by atoms with Gasteiger partial charge < -0.3 is 14.9 Å². The fourth-order valence-electron chi connectivity index (χ4n) is 3.51. The first-order chi connectivity index (χ1) is 18.3. The Bertz CT molecular complexity index is 1220. The molecule has 2 aromatic rings. The van der Waals surface area contributed by atoms with Gasteiger partial charge in [0.15, 0.2) is 6.04 Å². The van der Waals surface area contributed by atoms with Gasteiger partial charge in [0, 0.05) is 43.2 Å². The maximum Gasteiger partial charge on any atom is 0.337 e. The van der Waals surface area contributed by atoms with Gasteiger partial charge in [0.05, 0.1) is 18.6 Å². The summed E-state index contributed by atoms with van der Waals surface area (Å²) in [5, 5.41) is 2.01. The molecule has 208 valence electrons. The van der Waals surface area contributed by atoms with E-state index in [1.165, 1.54) is 38.5 Å². The number of benzene rings is 2. The quantitative estimate of drug-likeness (QED) is 0.431. The number of carbonyl (C=O) groups excluding carboxylic acids is 3. The van der Waals surface area contributed by atoms with E-state index in [4.69, 9.17) is 4.74 Å². The number of hydrogen-bond donors (Lipinski definition) is 2. The minimum atomic E-state index is -3.63. The van der Waals surface area contributed by atoms with Crippen LogP contribution in [0.5, 0.6) is 0 Å². The summed E-state index contributed by atoms with van der Waals surface area (Å²) in [6.45, 7) is 9.27. The Morgan fingerprint density at radius 3 is 2.00 bits per heavy atom. The van der Waals surface area contributed by atoms with Crippen molar-refractivity contribution < 1.29 is 32.7 Å². The molecule has 1 fully saturated rings. The number of amides is 2. The van der Waals surface area contributed by atoms with Gasteiger partial charge in [-0.25, -0.2) is 13.6 Å². The van der Waals surface area contributed by atoms with E-state index < -0.39 is 35.2 Å². The van der Waals surface area contributed by atoms with E-state index in [0.717, 1.165) is 38.4 Å². The summed E-state index contributed by atoms with van der Waals surface area (Å²) in [5.41, 5.74) is 3.44. The molecule has 2 aromatic carbocycles. The molecule has 2 amide bonds. The molecule has 0 radical (unpaired) electrons. The van der Waals surface area contributed by atoms with Gasteiger partial charge in [-0.3, -0.25) is 14.5 Å². The minimum absolute atomic E-state index is 0.0572. The number of rotatable bonds is 6. The predicted octanol–water partition coefficient (Wildman–Crippen LogP) is 3.29. The van der Waals surface area contributed by atoms with Crippen LogP contribution in [-0.2, 0) is 25.7 Å². The molecule has 1 atom stereocenters. The van der Waals surface area contributed by atoms with Crippen molar-refractivity contribution >= 4 is 17.8 Å². The van der Waals surface area contributed by atoms with Crippen molar-refractivity contribution in [1.82, 2.24) is 15.7 Å². The standard InChI is InChI=1S/C29H33F2N3O5/c1-28(2,3)27(37)39-33-26(36)24(29(4,30)31)32-25(35)23-13-11-21(12-14-23)6-5-20-7-9-22(10-8-20)19-34-15-17-38-18-16-34/h7-14,24H,15-19H2,1-4H3,(H,32,35)(H,33,36)/t24-/m1/s1. The van der Waals surface area contributed by atoms with Crippen LogP contribution in [0.4, 0.5) is 8.78 Å². The fourth-order valence-corrected chi connectivity index (χ4v) is 3.51. The summed E-state index contributed by atoms with van der Waals surface area (Å²) < 4.78 is 33.6. The Kier molecular flexibility index (Phi) is 9.78. The van der Waals surface area contributed by atoms with Crippen LogP contribution in [0, 0.1) is 17.3 Å². The van der Waals surface area contributed by atoms with Crippen molar-refractivity contribution in [2.75, 3.05) is 26.3 Å². The monoisotopic (exact) mass is 541 g/mol. The Hall–Kier alpha value is -3.81. The van der Waals surface area contributed by atoms with Gasteiger partial charge in [-0.2, -0.15) is 5.48 Å². The van der Waals surface area contributed by atoms with Gasteiger partial charge in [-0.15, -0.1) is 0 Å². The average Bonchev–Trinajstić information content (AvgIpc) is 2.89. The zero-order valence-electron chi connectivity index (χ0n) is 22.5. The molecular formula is C29H33F2N3O5. The second-order valence-electron chi connectivity index (χ2n) is 10.4. The number of morpholine rings is 1. The highest BCUT2D eigenvalue weighted by Crippen LogP contribution is 2.19. The van der Waals surface area contributed by atoms with Gasteiger partial charge in [0.1, 0.15) is 0 Å². The van der Waals surface area contributed by atoms with E-state index >= 15 is 0 Å². The van der Waals surface area contributed by atoms with Gasteiger partial charge >= 0.3 is 5.97 Å². The third-order valence-electron chi connectivity index (χ3n) is 5.86. The number of hydroxylamine groups is 1. The third kappa shape index (κ3) is 9.16. The molecule has 0 spiro atoms. The van der Waals surface area contributed by atoms with Crippen LogP contribution in [0.1, 0.15) is 54.7 Å². The van der Waals surface area contributed by atoms with Crippen LogP contribution in [0.3, 0.4) is 0 Å². The molecule has 39 heavy (non-hydrogen) atoms.